The fourth-order valence-corrected chi connectivity index (χ4v) is 2.72. The Kier molecular flexibility index (Phi) is 4.29. The van der Waals surface area contributed by atoms with Crippen LogP contribution in [0.3, 0.4) is 0 Å². The average Bonchev–Trinajstić information content (AvgIpc) is 2.15. The molecule has 0 aromatic rings. The number of hydrogen-bond donors (Lipinski definition) is 0. The molecule has 0 radical (unpaired) electrons. The van der Waals surface area contributed by atoms with Gasteiger partial charge in [-0.05, 0) is 32.5 Å². The molecule has 0 aromatic carbocycles. The minimum Gasteiger partial charge on any atom is -0.405 e. The fraction of sp³-hybridized carbons (Fsp3) is 0.727. The van der Waals surface area contributed by atoms with Crippen LogP contribution >= 0.6 is 0 Å². The molecule has 0 aromatic heterocycles. The Morgan fingerprint density at radius 3 is 2.56 bits per heavy atom. The van der Waals surface area contributed by atoms with Gasteiger partial charge in [-0.25, -0.2) is 4.79 Å². The molecule has 1 saturated heterocycles. The van der Waals surface area contributed by atoms with Crippen LogP contribution in [0.5, 0.6) is 0 Å². The molecule has 92 valence electrons. The van der Waals surface area contributed by atoms with Crippen molar-refractivity contribution >= 4 is 14.3 Å². The van der Waals surface area contributed by atoms with Crippen molar-refractivity contribution in [2.75, 3.05) is 6.61 Å². The molecule has 0 bridgehead atoms. The third kappa shape index (κ3) is 4.07. The monoisotopic (exact) mass is 244 g/mol. The average molecular weight is 244 g/mol. The topological polar surface area (TPSA) is 44.8 Å². The molecule has 4 nitrogen and oxygen atoms in total. The summed E-state index contributed by atoms with van der Waals surface area (Å²) in [5.41, 5.74) is 0. The first-order valence-corrected chi connectivity index (χ1v) is 8.97. The van der Waals surface area contributed by atoms with E-state index in [0.29, 0.717) is 13.0 Å². The quantitative estimate of drug-likeness (QED) is 0.330. The largest absolute Gasteiger partial charge is 0.405 e. The highest BCUT2D eigenvalue weighted by molar-refractivity contribution is 6.69. The molecule has 1 aliphatic heterocycles. The Morgan fingerprint density at radius 2 is 2.12 bits per heavy atom. The highest BCUT2D eigenvalue weighted by atomic mass is 28.4. The van der Waals surface area contributed by atoms with Crippen molar-refractivity contribution in [1.29, 1.82) is 0 Å². The van der Waals surface area contributed by atoms with Crippen LogP contribution in [0, 0.1) is 0 Å². The lowest BCUT2D eigenvalue weighted by Gasteiger charge is -2.39. The van der Waals surface area contributed by atoms with Gasteiger partial charge in [-0.15, -0.1) is 0 Å². The van der Waals surface area contributed by atoms with Crippen LogP contribution in [0.4, 0.5) is 0 Å². The Morgan fingerprint density at radius 1 is 1.44 bits per heavy atom. The molecule has 0 spiro atoms. The predicted molar refractivity (Wildman–Crippen MR) is 63.3 cm³/mol. The zero-order valence-electron chi connectivity index (χ0n) is 10.2. The molecule has 0 saturated carbocycles. The van der Waals surface area contributed by atoms with Gasteiger partial charge in [0.1, 0.15) is 0 Å². The minimum atomic E-state index is -1.83. The smallest absolute Gasteiger partial charge is 0.334 e. The lowest BCUT2D eigenvalue weighted by molar-refractivity contribution is -0.342. The van der Waals surface area contributed by atoms with Crippen LogP contribution in [0.1, 0.15) is 19.3 Å². The summed E-state index contributed by atoms with van der Waals surface area (Å²) in [6.45, 7) is 10.1. The summed E-state index contributed by atoms with van der Waals surface area (Å²) in [6.07, 6.45) is 3.64. The predicted octanol–water partition coefficient (Wildman–Crippen LogP) is 2.42. The van der Waals surface area contributed by atoms with Gasteiger partial charge in [0.15, 0.2) is 8.32 Å². The lowest BCUT2D eigenvalue weighted by Crippen LogP contribution is -2.49. The summed E-state index contributed by atoms with van der Waals surface area (Å²) >= 11 is 0. The third-order valence-corrected chi connectivity index (χ3v) is 3.01. The summed E-state index contributed by atoms with van der Waals surface area (Å²) in [6, 6.07) is 0. The first-order valence-electron chi connectivity index (χ1n) is 5.56. The van der Waals surface area contributed by atoms with Crippen LogP contribution in [0.15, 0.2) is 12.7 Å². The van der Waals surface area contributed by atoms with E-state index >= 15 is 0 Å². The second kappa shape index (κ2) is 5.12. The van der Waals surface area contributed by atoms with E-state index in [2.05, 4.69) is 6.58 Å². The van der Waals surface area contributed by atoms with Crippen molar-refractivity contribution in [3.05, 3.63) is 12.7 Å². The van der Waals surface area contributed by atoms with Crippen LogP contribution in [0.2, 0.25) is 19.6 Å². The zero-order chi connectivity index (χ0) is 12.2. The molecule has 1 rings (SSSR count). The summed E-state index contributed by atoms with van der Waals surface area (Å²) in [5.74, 6) is -1.67. The number of ether oxygens (including phenoxy) is 2. The Bertz CT molecular complexity index is 264. The van der Waals surface area contributed by atoms with Crippen LogP contribution in [0.25, 0.3) is 0 Å². The van der Waals surface area contributed by atoms with Crippen LogP contribution in [-0.2, 0) is 18.7 Å². The van der Waals surface area contributed by atoms with Crippen molar-refractivity contribution < 1.29 is 18.7 Å². The Hall–Kier alpha value is -0.653. The zero-order valence-corrected chi connectivity index (χ0v) is 11.2. The second-order valence-electron chi connectivity index (χ2n) is 4.83. The number of hydrogen-bond acceptors (Lipinski definition) is 4. The number of esters is 1. The maximum Gasteiger partial charge on any atom is 0.334 e. The van der Waals surface area contributed by atoms with Gasteiger partial charge in [-0.3, -0.25) is 0 Å². The number of carbonyl (C=O) groups excluding carboxylic acids is 1. The van der Waals surface area contributed by atoms with E-state index in [0.717, 1.165) is 18.9 Å². The molecule has 0 amide bonds. The highest BCUT2D eigenvalue weighted by Crippen LogP contribution is 2.31. The molecule has 1 heterocycles. The molecule has 1 fully saturated rings. The van der Waals surface area contributed by atoms with Gasteiger partial charge in [-0.1, -0.05) is 6.58 Å². The van der Waals surface area contributed by atoms with Crippen molar-refractivity contribution in [1.82, 2.24) is 0 Å². The molecule has 1 unspecified atom stereocenters. The van der Waals surface area contributed by atoms with Gasteiger partial charge < -0.3 is 13.9 Å². The van der Waals surface area contributed by atoms with E-state index in [1.165, 1.54) is 0 Å². The summed E-state index contributed by atoms with van der Waals surface area (Å²) in [4.78, 5) is 11.3. The lowest BCUT2D eigenvalue weighted by atomic mass is 10.2. The van der Waals surface area contributed by atoms with Crippen molar-refractivity contribution in [2.45, 2.75) is 44.9 Å². The van der Waals surface area contributed by atoms with Crippen molar-refractivity contribution in [2.24, 2.45) is 0 Å². The Balaban J connectivity index is 2.74. The molecule has 5 heteroatoms. The van der Waals surface area contributed by atoms with Gasteiger partial charge >= 0.3 is 11.9 Å². The van der Waals surface area contributed by atoms with E-state index in [1.54, 1.807) is 0 Å². The summed E-state index contributed by atoms with van der Waals surface area (Å²) in [7, 11) is -1.83. The standard InChI is InChI=1S/C11H20O4Si/c1-5-10(12)14-11(15-16(2,3)4)8-6-7-9-13-11/h5H,1,6-9H2,2-4H3. The van der Waals surface area contributed by atoms with E-state index in [1.807, 2.05) is 19.6 Å². The molecule has 1 atom stereocenters. The van der Waals surface area contributed by atoms with E-state index in [-0.39, 0.29) is 0 Å². The summed E-state index contributed by atoms with van der Waals surface area (Å²) < 4.78 is 16.6. The molecular weight excluding hydrogens is 224 g/mol. The molecule has 0 aliphatic carbocycles. The van der Waals surface area contributed by atoms with Gasteiger partial charge in [0.2, 0.25) is 0 Å². The van der Waals surface area contributed by atoms with E-state index < -0.39 is 20.3 Å². The third-order valence-electron chi connectivity index (χ3n) is 2.08. The Labute approximate surface area is 97.7 Å². The van der Waals surface area contributed by atoms with Crippen molar-refractivity contribution in [3.63, 3.8) is 0 Å². The van der Waals surface area contributed by atoms with E-state index in [9.17, 15) is 4.79 Å². The number of rotatable bonds is 4. The van der Waals surface area contributed by atoms with Gasteiger partial charge in [0.05, 0.1) is 6.61 Å². The fourth-order valence-electron chi connectivity index (χ4n) is 1.59. The van der Waals surface area contributed by atoms with Gasteiger partial charge in [0, 0.05) is 12.5 Å². The minimum absolute atomic E-state index is 0.500. The summed E-state index contributed by atoms with van der Waals surface area (Å²) in [5, 5.41) is 0. The first-order chi connectivity index (χ1) is 7.37. The van der Waals surface area contributed by atoms with Crippen molar-refractivity contribution in [3.8, 4) is 0 Å². The molecule has 1 aliphatic rings. The van der Waals surface area contributed by atoms with Gasteiger partial charge in [-0.2, -0.15) is 0 Å². The molecule has 0 N–H and O–H groups in total. The van der Waals surface area contributed by atoms with Gasteiger partial charge in [0.25, 0.3) is 0 Å². The molecular formula is C11H20O4Si. The maximum atomic E-state index is 11.3. The first kappa shape index (κ1) is 13.4. The van der Waals surface area contributed by atoms with Crippen LogP contribution in [-0.4, -0.2) is 26.9 Å². The second-order valence-corrected chi connectivity index (χ2v) is 9.26. The van der Waals surface area contributed by atoms with Crippen LogP contribution < -0.4 is 0 Å². The normalized spacial score (nSPS) is 26.2. The highest BCUT2D eigenvalue weighted by Gasteiger charge is 2.42. The SMILES string of the molecule is C=CC(=O)OC1(O[Si](C)(C)C)CCCCO1. The molecule has 16 heavy (non-hydrogen) atoms. The van der Waals surface area contributed by atoms with E-state index in [4.69, 9.17) is 13.9 Å². The number of carbonyl (C=O) groups is 1. The maximum absolute atomic E-state index is 11.3.